The summed E-state index contributed by atoms with van der Waals surface area (Å²) in [6.45, 7) is 1.90. The van der Waals surface area contributed by atoms with Crippen molar-refractivity contribution in [3.05, 3.63) is 23.9 Å². The highest BCUT2D eigenvalue weighted by molar-refractivity contribution is 5.77. The highest BCUT2D eigenvalue weighted by atomic mass is 14.9. The van der Waals surface area contributed by atoms with Gasteiger partial charge in [-0.3, -0.25) is 0 Å². The lowest BCUT2D eigenvalue weighted by molar-refractivity contribution is 1.23. The normalized spacial score (nSPS) is 9.82. The largest absolute Gasteiger partial charge is 0.237 e. The third-order valence-electron chi connectivity index (χ3n) is 1.23. The van der Waals surface area contributed by atoms with Gasteiger partial charge in [0.1, 0.15) is 12.3 Å². The average Bonchev–Trinajstić information content (AvgIpc) is 2.03. The molecule has 0 fully saturated rings. The Morgan fingerprint density at radius 3 is 3.18 bits per heavy atom. The van der Waals surface area contributed by atoms with E-state index in [4.69, 9.17) is 5.26 Å². The third-order valence-corrected chi connectivity index (χ3v) is 1.23. The van der Waals surface area contributed by atoms with Crippen LogP contribution in [0, 0.1) is 18.3 Å². The first-order valence-electron chi connectivity index (χ1n) is 3.18. The maximum absolute atomic E-state index is 8.19. The standard InChI is InChI=1S/C8H7N3/c1-7-3-2-5-10-8(7)11-6-4-9/h2-3,5-6H,1H3/b11-6+. The second-order valence-corrected chi connectivity index (χ2v) is 2.03. The molecule has 0 unspecified atom stereocenters. The summed E-state index contributed by atoms with van der Waals surface area (Å²) in [7, 11) is 0. The summed E-state index contributed by atoms with van der Waals surface area (Å²) >= 11 is 0. The van der Waals surface area contributed by atoms with Crippen LogP contribution in [0.5, 0.6) is 0 Å². The molecule has 3 heteroatoms. The van der Waals surface area contributed by atoms with Crippen LogP contribution < -0.4 is 0 Å². The van der Waals surface area contributed by atoms with E-state index >= 15 is 0 Å². The van der Waals surface area contributed by atoms with E-state index in [1.54, 1.807) is 6.20 Å². The minimum Gasteiger partial charge on any atom is -0.237 e. The number of hydrogen-bond acceptors (Lipinski definition) is 3. The second kappa shape index (κ2) is 3.47. The van der Waals surface area contributed by atoms with Crippen LogP contribution in [0.25, 0.3) is 0 Å². The van der Waals surface area contributed by atoms with Gasteiger partial charge in [-0.15, -0.1) is 0 Å². The Balaban J connectivity index is 2.97. The van der Waals surface area contributed by atoms with Crippen molar-refractivity contribution in [3.63, 3.8) is 0 Å². The number of nitriles is 1. The van der Waals surface area contributed by atoms with Crippen molar-refractivity contribution in [2.75, 3.05) is 0 Å². The van der Waals surface area contributed by atoms with Crippen molar-refractivity contribution >= 4 is 12.0 Å². The van der Waals surface area contributed by atoms with Crippen molar-refractivity contribution in [1.29, 1.82) is 5.26 Å². The number of nitrogens with zero attached hydrogens (tertiary/aromatic N) is 3. The molecule has 54 valence electrons. The van der Waals surface area contributed by atoms with E-state index in [9.17, 15) is 0 Å². The fraction of sp³-hybridized carbons (Fsp3) is 0.125. The maximum Gasteiger partial charge on any atom is 0.155 e. The smallest absolute Gasteiger partial charge is 0.155 e. The van der Waals surface area contributed by atoms with Crippen LogP contribution in [-0.4, -0.2) is 11.2 Å². The summed E-state index contributed by atoms with van der Waals surface area (Å²) < 4.78 is 0. The fourth-order valence-corrected chi connectivity index (χ4v) is 0.703. The van der Waals surface area contributed by atoms with Crippen molar-refractivity contribution in [2.45, 2.75) is 6.92 Å². The molecule has 0 radical (unpaired) electrons. The number of aromatic nitrogens is 1. The third kappa shape index (κ3) is 1.87. The van der Waals surface area contributed by atoms with E-state index in [1.165, 1.54) is 6.21 Å². The van der Waals surface area contributed by atoms with Crippen LogP contribution in [0.4, 0.5) is 5.82 Å². The van der Waals surface area contributed by atoms with Gasteiger partial charge in [-0.1, -0.05) is 6.07 Å². The minimum absolute atomic E-state index is 0.606. The molecule has 1 aromatic rings. The lowest BCUT2D eigenvalue weighted by Gasteiger charge is -1.93. The Labute approximate surface area is 65.0 Å². The van der Waals surface area contributed by atoms with Crippen molar-refractivity contribution < 1.29 is 0 Å². The van der Waals surface area contributed by atoms with Gasteiger partial charge in [0.15, 0.2) is 5.82 Å². The molecule has 0 amide bonds. The van der Waals surface area contributed by atoms with E-state index in [0.717, 1.165) is 5.56 Å². The molecule has 1 rings (SSSR count). The van der Waals surface area contributed by atoms with Crippen molar-refractivity contribution in [3.8, 4) is 6.07 Å². The van der Waals surface area contributed by atoms with E-state index in [1.807, 2.05) is 25.1 Å². The first kappa shape index (κ1) is 7.42. The van der Waals surface area contributed by atoms with Gasteiger partial charge in [-0.05, 0) is 18.6 Å². The van der Waals surface area contributed by atoms with E-state index in [-0.39, 0.29) is 0 Å². The van der Waals surface area contributed by atoms with Gasteiger partial charge in [0, 0.05) is 6.20 Å². The molecule has 11 heavy (non-hydrogen) atoms. The van der Waals surface area contributed by atoms with E-state index in [2.05, 4.69) is 9.98 Å². The molecular weight excluding hydrogens is 138 g/mol. The first-order valence-corrected chi connectivity index (χ1v) is 3.18. The zero-order valence-corrected chi connectivity index (χ0v) is 6.15. The molecule has 0 aromatic carbocycles. The zero-order chi connectivity index (χ0) is 8.10. The molecule has 0 N–H and O–H groups in total. The molecule has 0 atom stereocenters. The summed E-state index contributed by atoms with van der Waals surface area (Å²) in [6, 6.07) is 5.55. The van der Waals surface area contributed by atoms with Gasteiger partial charge in [-0.25, -0.2) is 9.98 Å². The predicted molar refractivity (Wildman–Crippen MR) is 42.7 cm³/mol. The zero-order valence-electron chi connectivity index (χ0n) is 6.15. The lowest BCUT2D eigenvalue weighted by atomic mass is 10.3. The molecule has 0 aliphatic carbocycles. The van der Waals surface area contributed by atoms with Crippen LogP contribution in [0.2, 0.25) is 0 Å². The van der Waals surface area contributed by atoms with Gasteiger partial charge in [0.2, 0.25) is 0 Å². The van der Waals surface area contributed by atoms with Crippen LogP contribution in [0.15, 0.2) is 23.3 Å². The number of pyridine rings is 1. The Morgan fingerprint density at radius 1 is 1.73 bits per heavy atom. The first-order chi connectivity index (χ1) is 5.34. The average molecular weight is 145 g/mol. The van der Waals surface area contributed by atoms with Gasteiger partial charge >= 0.3 is 0 Å². The maximum atomic E-state index is 8.19. The fourth-order valence-electron chi connectivity index (χ4n) is 0.703. The molecule has 0 saturated carbocycles. The Kier molecular flexibility index (Phi) is 2.34. The molecule has 0 bridgehead atoms. The molecular formula is C8H7N3. The molecule has 1 heterocycles. The van der Waals surface area contributed by atoms with Gasteiger partial charge < -0.3 is 0 Å². The lowest BCUT2D eigenvalue weighted by Crippen LogP contribution is -1.78. The molecule has 3 nitrogen and oxygen atoms in total. The Morgan fingerprint density at radius 2 is 2.55 bits per heavy atom. The Hall–Kier alpha value is -1.69. The molecule has 0 aliphatic rings. The van der Waals surface area contributed by atoms with Crippen LogP contribution in [-0.2, 0) is 0 Å². The highest BCUT2D eigenvalue weighted by Crippen LogP contribution is 2.11. The quantitative estimate of drug-likeness (QED) is 0.564. The number of rotatable bonds is 1. The summed E-state index contributed by atoms with van der Waals surface area (Å²) in [6.07, 6.45) is 2.83. The molecule has 0 spiro atoms. The minimum atomic E-state index is 0.606. The topological polar surface area (TPSA) is 49.0 Å². The summed E-state index contributed by atoms with van der Waals surface area (Å²) in [4.78, 5) is 7.79. The number of aryl methyl sites for hydroxylation is 1. The van der Waals surface area contributed by atoms with E-state index in [0.29, 0.717) is 5.82 Å². The Bertz CT molecular complexity index is 309. The molecule has 1 aromatic heterocycles. The molecule has 0 aliphatic heterocycles. The second-order valence-electron chi connectivity index (χ2n) is 2.03. The van der Waals surface area contributed by atoms with Crippen LogP contribution in [0.1, 0.15) is 5.56 Å². The number of hydrogen-bond donors (Lipinski definition) is 0. The summed E-state index contributed by atoms with van der Waals surface area (Å²) in [5, 5.41) is 8.19. The van der Waals surface area contributed by atoms with Crippen molar-refractivity contribution in [2.24, 2.45) is 4.99 Å². The predicted octanol–water partition coefficient (Wildman–Crippen LogP) is 1.62. The highest BCUT2D eigenvalue weighted by Gasteiger charge is 1.91. The number of aliphatic imine (C=N–C) groups is 1. The van der Waals surface area contributed by atoms with Gasteiger partial charge in [-0.2, -0.15) is 5.26 Å². The summed E-state index contributed by atoms with van der Waals surface area (Å²) in [5.74, 6) is 0.606. The monoisotopic (exact) mass is 145 g/mol. The SMILES string of the molecule is Cc1cccnc1/N=C/C#N. The van der Waals surface area contributed by atoms with Crippen LogP contribution in [0.3, 0.4) is 0 Å². The van der Waals surface area contributed by atoms with Gasteiger partial charge in [0.05, 0.1) is 0 Å². The van der Waals surface area contributed by atoms with Gasteiger partial charge in [0.25, 0.3) is 0 Å². The van der Waals surface area contributed by atoms with Crippen LogP contribution >= 0.6 is 0 Å². The van der Waals surface area contributed by atoms with E-state index < -0.39 is 0 Å². The summed E-state index contributed by atoms with van der Waals surface area (Å²) in [5.41, 5.74) is 0.971. The molecule has 0 saturated heterocycles. The van der Waals surface area contributed by atoms with Crippen molar-refractivity contribution in [1.82, 2.24) is 4.98 Å².